The lowest BCUT2D eigenvalue weighted by atomic mass is 9.90. The zero-order valence-corrected chi connectivity index (χ0v) is 14.2. The van der Waals surface area contributed by atoms with E-state index in [4.69, 9.17) is 4.74 Å². The Morgan fingerprint density at radius 2 is 1.96 bits per heavy atom. The van der Waals surface area contributed by atoms with Crippen molar-refractivity contribution >= 4 is 12.0 Å². The summed E-state index contributed by atoms with van der Waals surface area (Å²) >= 11 is 0. The first-order valence-corrected chi connectivity index (χ1v) is 8.33. The number of rotatable bonds is 6. The third-order valence-electron chi connectivity index (χ3n) is 4.64. The standard InChI is InChI=1S/C20H22N2O3/c1-25-17-6-4-15(5-7-17)3-2-12-22-13-18(19(14-22)20(23)24)16-8-10-21-11-9-16/h2-11,18-19H,12-14H2,1H3,(H,23,24)/t18-,19+/m0/s1. The number of carbonyl (C=O) groups is 1. The van der Waals surface area contributed by atoms with Crippen molar-refractivity contribution in [3.05, 3.63) is 66.0 Å². The minimum atomic E-state index is -0.733. The van der Waals surface area contributed by atoms with Gasteiger partial charge in [0.15, 0.2) is 0 Å². The molecule has 2 heterocycles. The molecule has 1 aliphatic heterocycles. The monoisotopic (exact) mass is 338 g/mol. The molecule has 0 radical (unpaired) electrons. The van der Waals surface area contributed by atoms with Crippen LogP contribution in [0.1, 0.15) is 17.0 Å². The zero-order valence-electron chi connectivity index (χ0n) is 14.2. The maximum absolute atomic E-state index is 11.6. The maximum Gasteiger partial charge on any atom is 0.308 e. The van der Waals surface area contributed by atoms with Crippen LogP contribution in [0, 0.1) is 5.92 Å². The fourth-order valence-electron chi connectivity index (χ4n) is 3.29. The molecular weight excluding hydrogens is 316 g/mol. The van der Waals surface area contributed by atoms with Crippen LogP contribution in [0.2, 0.25) is 0 Å². The largest absolute Gasteiger partial charge is 0.497 e. The molecule has 0 saturated carbocycles. The van der Waals surface area contributed by atoms with Crippen LogP contribution in [0.5, 0.6) is 5.75 Å². The number of hydrogen-bond acceptors (Lipinski definition) is 4. The summed E-state index contributed by atoms with van der Waals surface area (Å²) in [6, 6.07) is 11.7. The van der Waals surface area contributed by atoms with Gasteiger partial charge in [0.2, 0.25) is 0 Å². The zero-order chi connectivity index (χ0) is 17.6. The number of ether oxygens (including phenoxy) is 1. The van der Waals surface area contributed by atoms with Gasteiger partial charge in [0.1, 0.15) is 5.75 Å². The SMILES string of the molecule is COc1ccc(C=CCN2C[C@@H](C(=O)O)[C@H](c3ccncc3)C2)cc1. The molecule has 3 rings (SSSR count). The molecule has 1 fully saturated rings. The van der Waals surface area contributed by atoms with Crippen molar-refractivity contribution in [1.29, 1.82) is 0 Å². The molecule has 1 saturated heterocycles. The molecule has 0 amide bonds. The Kier molecular flexibility index (Phi) is 5.46. The third-order valence-corrected chi connectivity index (χ3v) is 4.64. The van der Waals surface area contributed by atoms with Crippen molar-refractivity contribution in [2.45, 2.75) is 5.92 Å². The predicted octanol–water partition coefficient (Wildman–Crippen LogP) is 2.90. The summed E-state index contributed by atoms with van der Waals surface area (Å²) < 4.78 is 5.15. The van der Waals surface area contributed by atoms with E-state index >= 15 is 0 Å². The van der Waals surface area contributed by atoms with Crippen LogP contribution < -0.4 is 4.74 Å². The molecule has 2 atom stereocenters. The Morgan fingerprint density at radius 3 is 2.60 bits per heavy atom. The number of benzene rings is 1. The first-order chi connectivity index (χ1) is 12.2. The Labute approximate surface area is 147 Å². The van der Waals surface area contributed by atoms with E-state index in [0.29, 0.717) is 6.54 Å². The predicted molar refractivity (Wildman–Crippen MR) is 96.6 cm³/mol. The van der Waals surface area contributed by atoms with E-state index in [-0.39, 0.29) is 11.8 Å². The van der Waals surface area contributed by atoms with Gasteiger partial charge >= 0.3 is 5.97 Å². The normalized spacial score (nSPS) is 20.8. The van der Waals surface area contributed by atoms with Crippen molar-refractivity contribution in [3.8, 4) is 5.75 Å². The summed E-state index contributed by atoms with van der Waals surface area (Å²) in [5, 5.41) is 9.54. The quantitative estimate of drug-likeness (QED) is 0.877. The highest BCUT2D eigenvalue weighted by Crippen LogP contribution is 2.32. The van der Waals surface area contributed by atoms with Crippen LogP contribution in [0.4, 0.5) is 0 Å². The van der Waals surface area contributed by atoms with E-state index in [1.54, 1.807) is 19.5 Å². The van der Waals surface area contributed by atoms with Crippen LogP contribution in [0.3, 0.4) is 0 Å². The summed E-state index contributed by atoms with van der Waals surface area (Å²) in [4.78, 5) is 17.8. The molecule has 5 nitrogen and oxygen atoms in total. The minimum Gasteiger partial charge on any atom is -0.497 e. The third kappa shape index (κ3) is 4.25. The minimum absolute atomic E-state index is 0.00915. The first kappa shape index (κ1) is 17.2. The van der Waals surface area contributed by atoms with Crippen molar-refractivity contribution in [2.75, 3.05) is 26.7 Å². The van der Waals surface area contributed by atoms with E-state index < -0.39 is 5.97 Å². The average molecular weight is 338 g/mol. The second-order valence-corrected chi connectivity index (χ2v) is 6.23. The fraction of sp³-hybridized carbons (Fsp3) is 0.300. The number of hydrogen-bond donors (Lipinski definition) is 1. The highest BCUT2D eigenvalue weighted by atomic mass is 16.5. The van der Waals surface area contributed by atoms with Gasteiger partial charge in [-0.3, -0.25) is 14.7 Å². The van der Waals surface area contributed by atoms with Crippen LogP contribution in [-0.4, -0.2) is 47.7 Å². The molecule has 25 heavy (non-hydrogen) atoms. The second-order valence-electron chi connectivity index (χ2n) is 6.23. The van der Waals surface area contributed by atoms with Gasteiger partial charge in [-0.15, -0.1) is 0 Å². The fourth-order valence-corrected chi connectivity index (χ4v) is 3.29. The molecule has 1 aromatic carbocycles. The first-order valence-electron chi connectivity index (χ1n) is 8.33. The van der Waals surface area contributed by atoms with Crippen LogP contribution in [0.15, 0.2) is 54.9 Å². The Hall–Kier alpha value is -2.66. The molecule has 1 aromatic heterocycles. The Morgan fingerprint density at radius 1 is 1.24 bits per heavy atom. The molecule has 0 unspecified atom stereocenters. The number of pyridine rings is 1. The van der Waals surface area contributed by atoms with Crippen LogP contribution in [-0.2, 0) is 4.79 Å². The van der Waals surface area contributed by atoms with E-state index in [1.807, 2.05) is 36.4 Å². The van der Waals surface area contributed by atoms with Crippen LogP contribution >= 0.6 is 0 Å². The maximum atomic E-state index is 11.6. The summed E-state index contributed by atoms with van der Waals surface area (Å²) in [6.07, 6.45) is 7.57. The van der Waals surface area contributed by atoms with Crippen molar-refractivity contribution in [1.82, 2.24) is 9.88 Å². The summed E-state index contributed by atoms with van der Waals surface area (Å²) in [7, 11) is 1.65. The molecule has 1 aliphatic rings. The lowest BCUT2D eigenvalue weighted by Crippen LogP contribution is -2.23. The van der Waals surface area contributed by atoms with Gasteiger partial charge in [0.05, 0.1) is 13.0 Å². The molecule has 130 valence electrons. The Bertz CT molecular complexity index is 728. The van der Waals surface area contributed by atoms with Gasteiger partial charge in [-0.1, -0.05) is 24.3 Å². The topological polar surface area (TPSA) is 62.7 Å². The smallest absolute Gasteiger partial charge is 0.308 e. The molecular formula is C20H22N2O3. The Balaban J connectivity index is 1.63. The number of carboxylic acid groups (broad SMARTS) is 1. The van der Waals surface area contributed by atoms with Gasteiger partial charge in [-0.25, -0.2) is 0 Å². The number of aromatic nitrogens is 1. The summed E-state index contributed by atoms with van der Waals surface area (Å²) in [6.45, 7) is 2.04. The highest BCUT2D eigenvalue weighted by Gasteiger charge is 2.37. The van der Waals surface area contributed by atoms with E-state index in [2.05, 4.69) is 22.0 Å². The highest BCUT2D eigenvalue weighted by molar-refractivity contribution is 5.72. The van der Waals surface area contributed by atoms with Crippen molar-refractivity contribution in [2.24, 2.45) is 5.92 Å². The van der Waals surface area contributed by atoms with E-state index in [0.717, 1.165) is 30.0 Å². The lowest BCUT2D eigenvalue weighted by molar-refractivity contribution is -0.141. The molecule has 5 heteroatoms. The number of carboxylic acids is 1. The molecule has 0 spiro atoms. The summed E-state index contributed by atoms with van der Waals surface area (Å²) in [5.41, 5.74) is 2.14. The number of aliphatic carboxylic acids is 1. The lowest BCUT2D eigenvalue weighted by Gasteiger charge is -2.14. The van der Waals surface area contributed by atoms with Gasteiger partial charge in [0.25, 0.3) is 0 Å². The van der Waals surface area contributed by atoms with Gasteiger partial charge in [-0.2, -0.15) is 0 Å². The van der Waals surface area contributed by atoms with Gasteiger partial charge in [0, 0.05) is 37.9 Å². The molecule has 0 bridgehead atoms. The van der Waals surface area contributed by atoms with E-state index in [9.17, 15) is 9.90 Å². The molecule has 1 N–H and O–H groups in total. The molecule has 2 aromatic rings. The number of likely N-dealkylation sites (tertiary alicyclic amines) is 1. The van der Waals surface area contributed by atoms with Crippen LogP contribution in [0.25, 0.3) is 6.08 Å². The van der Waals surface area contributed by atoms with Crippen molar-refractivity contribution < 1.29 is 14.6 Å². The average Bonchev–Trinajstić information content (AvgIpc) is 3.08. The van der Waals surface area contributed by atoms with Crippen molar-refractivity contribution in [3.63, 3.8) is 0 Å². The second kappa shape index (κ2) is 7.94. The molecule has 0 aliphatic carbocycles. The van der Waals surface area contributed by atoms with E-state index in [1.165, 1.54) is 0 Å². The number of nitrogens with zero attached hydrogens (tertiary/aromatic N) is 2. The summed E-state index contributed by atoms with van der Waals surface area (Å²) in [5.74, 6) is -0.267. The number of methoxy groups -OCH3 is 1. The van der Waals surface area contributed by atoms with Gasteiger partial charge in [-0.05, 0) is 35.4 Å². The van der Waals surface area contributed by atoms with Gasteiger partial charge < -0.3 is 9.84 Å².